The van der Waals surface area contributed by atoms with Crippen molar-refractivity contribution in [2.45, 2.75) is 17.7 Å². The van der Waals surface area contributed by atoms with Crippen molar-refractivity contribution in [2.75, 3.05) is 12.4 Å². The van der Waals surface area contributed by atoms with Crippen LogP contribution < -0.4 is 5.32 Å². The average molecular weight is 502 g/mol. The zero-order valence-electron chi connectivity index (χ0n) is 17.5. The second-order valence-corrected chi connectivity index (χ2v) is 9.40. The van der Waals surface area contributed by atoms with E-state index in [0.717, 1.165) is 27.8 Å². The minimum Gasteiger partial charge on any atom is -0.480 e. The molecule has 0 fully saturated rings. The third-order valence-corrected chi connectivity index (χ3v) is 7.45. The molecule has 1 atom stereocenters. The van der Waals surface area contributed by atoms with Crippen LogP contribution in [0, 0.1) is 0 Å². The van der Waals surface area contributed by atoms with Crippen LogP contribution >= 0.6 is 35.0 Å². The molecule has 3 aromatic rings. The lowest BCUT2D eigenvalue weighted by atomic mass is 9.98. The minimum absolute atomic E-state index is 0.0919. The largest absolute Gasteiger partial charge is 0.480 e. The second kappa shape index (κ2) is 10.5. The van der Waals surface area contributed by atoms with Crippen LogP contribution in [0.2, 0.25) is 10.0 Å². The van der Waals surface area contributed by atoms with Gasteiger partial charge in [0.1, 0.15) is 12.6 Å². The van der Waals surface area contributed by atoms with Gasteiger partial charge in [-0.05, 0) is 33.9 Å². The molecule has 1 aliphatic carbocycles. The highest BCUT2D eigenvalue weighted by atomic mass is 35.5. The van der Waals surface area contributed by atoms with Gasteiger partial charge in [-0.1, -0.05) is 83.9 Å². The fraction of sp³-hybridized carbons (Fsp3) is 0.200. The highest BCUT2D eigenvalue weighted by Gasteiger charge is 2.29. The van der Waals surface area contributed by atoms with E-state index >= 15 is 0 Å². The standard InChI is InChI=1S/C25H21Cl2NO4S/c26-21-11-5-6-15(23(21)27)13-33-14-22(24(29)30)28-25(31)32-12-20-18-9-3-1-7-16(18)17-8-2-4-10-19(17)20/h1-11,20,22H,12-14H2,(H,28,31)(H,29,30). The van der Waals surface area contributed by atoms with Crippen molar-refractivity contribution in [3.05, 3.63) is 93.5 Å². The Morgan fingerprint density at radius 2 is 1.61 bits per heavy atom. The maximum Gasteiger partial charge on any atom is 0.407 e. The van der Waals surface area contributed by atoms with Gasteiger partial charge in [0.05, 0.1) is 10.0 Å². The van der Waals surface area contributed by atoms with Gasteiger partial charge in [-0.3, -0.25) is 0 Å². The Kier molecular flexibility index (Phi) is 7.48. The Morgan fingerprint density at radius 3 is 2.24 bits per heavy atom. The molecule has 0 bridgehead atoms. The smallest absolute Gasteiger partial charge is 0.407 e. The molecular formula is C25H21Cl2NO4S. The molecular weight excluding hydrogens is 481 g/mol. The lowest BCUT2D eigenvalue weighted by Crippen LogP contribution is -2.43. The van der Waals surface area contributed by atoms with Crippen molar-refractivity contribution in [2.24, 2.45) is 0 Å². The molecule has 8 heteroatoms. The van der Waals surface area contributed by atoms with Gasteiger partial charge in [-0.2, -0.15) is 11.8 Å². The molecule has 0 aliphatic heterocycles. The van der Waals surface area contributed by atoms with E-state index < -0.39 is 18.1 Å². The molecule has 3 aromatic carbocycles. The number of carbonyl (C=O) groups is 2. The van der Waals surface area contributed by atoms with E-state index in [1.807, 2.05) is 42.5 Å². The van der Waals surface area contributed by atoms with E-state index in [1.165, 1.54) is 11.8 Å². The number of aliphatic carboxylic acids is 1. The highest BCUT2D eigenvalue weighted by Crippen LogP contribution is 2.44. The molecule has 2 N–H and O–H groups in total. The number of benzene rings is 3. The molecule has 4 rings (SSSR count). The predicted molar refractivity (Wildman–Crippen MR) is 132 cm³/mol. The summed E-state index contributed by atoms with van der Waals surface area (Å²) in [5, 5.41) is 12.9. The number of nitrogens with one attached hydrogen (secondary N) is 1. The van der Waals surface area contributed by atoms with E-state index in [4.69, 9.17) is 27.9 Å². The summed E-state index contributed by atoms with van der Waals surface area (Å²) in [5.41, 5.74) is 5.24. The molecule has 1 unspecified atom stereocenters. The summed E-state index contributed by atoms with van der Waals surface area (Å²) >= 11 is 13.5. The number of amides is 1. The zero-order chi connectivity index (χ0) is 23.4. The number of carboxylic acids is 1. The van der Waals surface area contributed by atoms with Crippen molar-refractivity contribution in [3.63, 3.8) is 0 Å². The molecule has 0 radical (unpaired) electrons. The topological polar surface area (TPSA) is 75.6 Å². The number of fused-ring (bicyclic) bond motifs is 3. The summed E-state index contributed by atoms with van der Waals surface area (Å²) in [6.45, 7) is 0.122. The Bertz CT molecular complexity index is 1140. The van der Waals surface area contributed by atoms with Crippen molar-refractivity contribution < 1.29 is 19.4 Å². The fourth-order valence-electron chi connectivity index (χ4n) is 3.90. The highest BCUT2D eigenvalue weighted by molar-refractivity contribution is 7.98. The normalized spacial score (nSPS) is 13.2. The van der Waals surface area contributed by atoms with Crippen LogP contribution in [-0.4, -0.2) is 35.6 Å². The van der Waals surface area contributed by atoms with Gasteiger partial charge >= 0.3 is 12.1 Å². The molecule has 0 heterocycles. The van der Waals surface area contributed by atoms with Gasteiger partial charge in [0.25, 0.3) is 0 Å². The molecule has 0 spiro atoms. The summed E-state index contributed by atoms with van der Waals surface area (Å²) < 4.78 is 5.46. The maximum absolute atomic E-state index is 12.4. The van der Waals surface area contributed by atoms with Gasteiger partial charge in [0.2, 0.25) is 0 Å². The third-order valence-electron chi connectivity index (χ3n) is 5.51. The van der Waals surface area contributed by atoms with Gasteiger partial charge in [0.15, 0.2) is 0 Å². The van der Waals surface area contributed by atoms with Crippen LogP contribution in [0.25, 0.3) is 11.1 Å². The van der Waals surface area contributed by atoms with Gasteiger partial charge in [0, 0.05) is 17.4 Å². The Labute approximate surface area is 206 Å². The van der Waals surface area contributed by atoms with E-state index in [1.54, 1.807) is 12.1 Å². The molecule has 5 nitrogen and oxygen atoms in total. The Morgan fingerprint density at radius 1 is 0.970 bits per heavy atom. The molecule has 1 amide bonds. The van der Waals surface area contributed by atoms with Crippen LogP contribution in [0.4, 0.5) is 4.79 Å². The van der Waals surface area contributed by atoms with Crippen LogP contribution in [0.1, 0.15) is 22.6 Å². The molecule has 1 aliphatic rings. The summed E-state index contributed by atoms with van der Waals surface area (Å²) in [4.78, 5) is 24.1. The molecule has 0 saturated carbocycles. The summed E-state index contributed by atoms with van der Waals surface area (Å²) in [7, 11) is 0. The number of rotatable bonds is 8. The lowest BCUT2D eigenvalue weighted by molar-refractivity contribution is -0.138. The maximum atomic E-state index is 12.4. The first kappa shape index (κ1) is 23.5. The Balaban J connectivity index is 1.34. The fourth-order valence-corrected chi connectivity index (χ4v) is 5.41. The number of hydrogen-bond donors (Lipinski definition) is 2. The monoisotopic (exact) mass is 501 g/mol. The molecule has 170 valence electrons. The van der Waals surface area contributed by atoms with Crippen LogP contribution in [0.15, 0.2) is 66.7 Å². The van der Waals surface area contributed by atoms with Gasteiger partial charge in [-0.25, -0.2) is 9.59 Å². The number of hydrogen-bond acceptors (Lipinski definition) is 4. The molecule has 0 saturated heterocycles. The van der Waals surface area contributed by atoms with Crippen LogP contribution in [0.3, 0.4) is 0 Å². The summed E-state index contributed by atoms with van der Waals surface area (Å²) in [6, 6.07) is 20.3. The van der Waals surface area contributed by atoms with E-state index in [9.17, 15) is 14.7 Å². The SMILES string of the molecule is O=C(NC(CSCc1cccc(Cl)c1Cl)C(=O)O)OCC1c2ccccc2-c2ccccc21. The third kappa shape index (κ3) is 5.29. The van der Waals surface area contributed by atoms with Gasteiger partial charge < -0.3 is 15.2 Å². The number of carboxylic acid groups (broad SMARTS) is 1. The second-order valence-electron chi connectivity index (χ2n) is 7.59. The first-order valence-electron chi connectivity index (χ1n) is 10.3. The van der Waals surface area contributed by atoms with E-state index in [-0.39, 0.29) is 18.3 Å². The van der Waals surface area contributed by atoms with E-state index in [0.29, 0.717) is 15.8 Å². The number of halogens is 2. The molecule has 0 aromatic heterocycles. The van der Waals surface area contributed by atoms with Crippen LogP contribution in [0.5, 0.6) is 0 Å². The Hall–Kier alpha value is -2.67. The first-order chi connectivity index (χ1) is 16.0. The quantitative estimate of drug-likeness (QED) is 0.383. The van der Waals surface area contributed by atoms with Crippen molar-refractivity contribution in [3.8, 4) is 11.1 Å². The van der Waals surface area contributed by atoms with Crippen molar-refractivity contribution in [1.29, 1.82) is 0 Å². The molecule has 33 heavy (non-hydrogen) atoms. The van der Waals surface area contributed by atoms with Crippen molar-refractivity contribution in [1.82, 2.24) is 5.32 Å². The van der Waals surface area contributed by atoms with Crippen LogP contribution in [-0.2, 0) is 15.3 Å². The first-order valence-corrected chi connectivity index (χ1v) is 12.2. The zero-order valence-corrected chi connectivity index (χ0v) is 19.8. The predicted octanol–water partition coefficient (Wildman–Crippen LogP) is 6.22. The van der Waals surface area contributed by atoms with E-state index in [2.05, 4.69) is 17.4 Å². The average Bonchev–Trinajstić information content (AvgIpc) is 3.13. The number of ether oxygens (including phenoxy) is 1. The number of carbonyl (C=O) groups excluding carboxylic acids is 1. The van der Waals surface area contributed by atoms with Gasteiger partial charge in [-0.15, -0.1) is 0 Å². The summed E-state index contributed by atoms with van der Waals surface area (Å²) in [6.07, 6.45) is -0.759. The van der Waals surface area contributed by atoms with Crippen molar-refractivity contribution >= 4 is 47.0 Å². The summed E-state index contributed by atoms with van der Waals surface area (Å²) in [5.74, 6) is -0.600. The lowest BCUT2D eigenvalue weighted by Gasteiger charge is -2.17. The number of alkyl carbamates (subject to hydrolysis) is 1. The number of thioether (sulfide) groups is 1. The minimum atomic E-state index is -1.13.